The van der Waals surface area contributed by atoms with Crippen molar-refractivity contribution in [3.8, 4) is 11.4 Å². The summed E-state index contributed by atoms with van der Waals surface area (Å²) in [6, 6.07) is 10.4. The summed E-state index contributed by atoms with van der Waals surface area (Å²) in [5.41, 5.74) is 1.83. The van der Waals surface area contributed by atoms with E-state index in [0.717, 1.165) is 11.3 Å². The molecule has 0 saturated heterocycles. The minimum atomic E-state index is 0.201. The maximum Gasteiger partial charge on any atom is 0.214 e. The first-order valence-corrected chi connectivity index (χ1v) is 7.40. The van der Waals surface area contributed by atoms with Crippen LogP contribution in [0.2, 0.25) is 5.15 Å². The minimum Gasteiger partial charge on any atom is -0.508 e. The summed E-state index contributed by atoms with van der Waals surface area (Å²) in [5, 5.41) is 22.1. The Bertz CT molecular complexity index is 746. The molecule has 6 nitrogen and oxygen atoms in total. The highest BCUT2D eigenvalue weighted by Gasteiger charge is 2.09. The molecule has 0 unspecified atom stereocenters. The molecular weight excluding hydrogens is 310 g/mol. The first kappa shape index (κ1) is 13.8. The average Bonchev–Trinajstić information content (AvgIpc) is 2.94. The van der Waals surface area contributed by atoms with Crippen molar-refractivity contribution in [3.05, 3.63) is 53.3 Å². The molecule has 0 saturated carbocycles. The molecule has 0 amide bonds. The molecule has 0 radical (unpaired) electrons. The largest absolute Gasteiger partial charge is 0.508 e. The number of nitrogens with zero attached hydrogens (tertiary/aromatic N) is 5. The standard InChI is InChI=1S/C13H10ClN5OS/c14-12-7-9(5-6-15-12)8-21-13-16-17-18-19(13)10-1-3-11(20)4-2-10/h1-7,20H,8H2. The summed E-state index contributed by atoms with van der Waals surface area (Å²) in [4.78, 5) is 3.95. The van der Waals surface area contributed by atoms with Gasteiger partial charge in [-0.2, -0.15) is 4.68 Å². The smallest absolute Gasteiger partial charge is 0.214 e. The summed E-state index contributed by atoms with van der Waals surface area (Å²) in [6.45, 7) is 0. The van der Waals surface area contributed by atoms with Crippen LogP contribution >= 0.6 is 23.4 Å². The van der Waals surface area contributed by atoms with E-state index in [1.807, 2.05) is 12.1 Å². The molecule has 106 valence electrons. The van der Waals surface area contributed by atoms with Crippen LogP contribution < -0.4 is 0 Å². The number of thioether (sulfide) groups is 1. The molecular formula is C13H10ClN5OS. The second-order valence-corrected chi connectivity index (χ2v) is 5.49. The lowest BCUT2D eigenvalue weighted by Crippen LogP contribution is -1.98. The fraction of sp³-hybridized carbons (Fsp3) is 0.0769. The van der Waals surface area contributed by atoms with Crippen molar-refractivity contribution in [2.75, 3.05) is 0 Å². The van der Waals surface area contributed by atoms with Crippen molar-refractivity contribution >= 4 is 23.4 Å². The van der Waals surface area contributed by atoms with E-state index >= 15 is 0 Å². The second kappa shape index (κ2) is 6.11. The van der Waals surface area contributed by atoms with E-state index < -0.39 is 0 Å². The van der Waals surface area contributed by atoms with Gasteiger partial charge in [0.1, 0.15) is 10.9 Å². The number of rotatable bonds is 4. The molecule has 0 aliphatic rings. The number of aromatic nitrogens is 5. The van der Waals surface area contributed by atoms with Gasteiger partial charge in [0.2, 0.25) is 5.16 Å². The Labute approximate surface area is 129 Å². The molecule has 1 aromatic carbocycles. The molecule has 1 N–H and O–H groups in total. The fourth-order valence-corrected chi connectivity index (χ4v) is 2.74. The van der Waals surface area contributed by atoms with Crippen molar-refractivity contribution in [2.24, 2.45) is 0 Å². The Hall–Kier alpha value is -2.12. The van der Waals surface area contributed by atoms with Crippen molar-refractivity contribution in [2.45, 2.75) is 10.9 Å². The van der Waals surface area contributed by atoms with E-state index in [9.17, 15) is 5.11 Å². The molecule has 0 aliphatic heterocycles. The molecule has 3 rings (SSSR count). The van der Waals surface area contributed by atoms with Gasteiger partial charge < -0.3 is 5.11 Å². The summed E-state index contributed by atoms with van der Waals surface area (Å²) >= 11 is 7.35. The van der Waals surface area contributed by atoms with Crippen LogP contribution in [-0.4, -0.2) is 30.3 Å². The number of hydrogen-bond donors (Lipinski definition) is 1. The van der Waals surface area contributed by atoms with Gasteiger partial charge in [0.15, 0.2) is 0 Å². The molecule has 0 bridgehead atoms. The zero-order valence-corrected chi connectivity index (χ0v) is 12.3. The van der Waals surface area contributed by atoms with Gasteiger partial charge in [-0.05, 0) is 52.4 Å². The van der Waals surface area contributed by atoms with Gasteiger partial charge in [0.05, 0.1) is 5.69 Å². The number of phenols is 1. The minimum absolute atomic E-state index is 0.201. The molecule has 0 aliphatic carbocycles. The van der Waals surface area contributed by atoms with Gasteiger partial charge in [-0.15, -0.1) is 5.10 Å². The highest BCUT2D eigenvalue weighted by Crippen LogP contribution is 2.23. The van der Waals surface area contributed by atoms with E-state index in [4.69, 9.17) is 11.6 Å². The van der Waals surface area contributed by atoms with Crippen LogP contribution in [0, 0.1) is 0 Å². The highest BCUT2D eigenvalue weighted by atomic mass is 35.5. The molecule has 0 spiro atoms. The van der Waals surface area contributed by atoms with Crippen LogP contribution in [0.25, 0.3) is 5.69 Å². The number of hydrogen-bond acceptors (Lipinski definition) is 6. The third-order valence-electron chi connectivity index (χ3n) is 2.69. The number of halogens is 1. The predicted octanol–water partition coefficient (Wildman–Crippen LogP) is 2.71. The van der Waals surface area contributed by atoms with Crippen molar-refractivity contribution in [1.82, 2.24) is 25.2 Å². The first-order chi connectivity index (χ1) is 10.2. The van der Waals surface area contributed by atoms with Gasteiger partial charge in [-0.3, -0.25) is 0 Å². The maximum absolute atomic E-state index is 9.32. The Balaban J connectivity index is 1.78. The Morgan fingerprint density at radius 3 is 2.76 bits per heavy atom. The molecule has 2 aromatic heterocycles. The van der Waals surface area contributed by atoms with Crippen LogP contribution in [-0.2, 0) is 5.75 Å². The zero-order valence-electron chi connectivity index (χ0n) is 10.7. The van der Waals surface area contributed by atoms with Crippen LogP contribution in [0.5, 0.6) is 5.75 Å². The lowest BCUT2D eigenvalue weighted by molar-refractivity contribution is 0.475. The van der Waals surface area contributed by atoms with Gasteiger partial charge in [0, 0.05) is 11.9 Å². The fourth-order valence-electron chi connectivity index (χ4n) is 1.71. The number of phenolic OH excluding ortho intramolecular Hbond substituents is 1. The lowest BCUT2D eigenvalue weighted by atomic mass is 10.3. The van der Waals surface area contributed by atoms with Crippen LogP contribution in [0.15, 0.2) is 47.8 Å². The van der Waals surface area contributed by atoms with Crippen LogP contribution in [0.4, 0.5) is 0 Å². The van der Waals surface area contributed by atoms with Crippen molar-refractivity contribution < 1.29 is 5.11 Å². The van der Waals surface area contributed by atoms with E-state index in [2.05, 4.69) is 20.5 Å². The van der Waals surface area contributed by atoms with Gasteiger partial charge in [-0.1, -0.05) is 23.4 Å². The number of aromatic hydroxyl groups is 1. The Kier molecular flexibility index (Phi) is 4.03. The van der Waals surface area contributed by atoms with E-state index in [1.165, 1.54) is 11.8 Å². The molecule has 3 aromatic rings. The normalized spacial score (nSPS) is 10.7. The molecule has 8 heteroatoms. The van der Waals surface area contributed by atoms with Gasteiger partial charge in [0.25, 0.3) is 0 Å². The zero-order chi connectivity index (χ0) is 14.7. The Morgan fingerprint density at radius 1 is 1.19 bits per heavy atom. The van der Waals surface area contributed by atoms with Crippen molar-refractivity contribution in [3.63, 3.8) is 0 Å². The summed E-state index contributed by atoms with van der Waals surface area (Å²) < 4.78 is 1.62. The quantitative estimate of drug-likeness (QED) is 0.588. The number of pyridine rings is 1. The van der Waals surface area contributed by atoms with E-state index in [-0.39, 0.29) is 5.75 Å². The monoisotopic (exact) mass is 319 g/mol. The SMILES string of the molecule is Oc1ccc(-n2nnnc2SCc2ccnc(Cl)c2)cc1. The van der Waals surface area contributed by atoms with Crippen molar-refractivity contribution in [1.29, 1.82) is 0 Å². The molecule has 0 fully saturated rings. The second-order valence-electron chi connectivity index (χ2n) is 4.17. The molecule has 0 atom stereocenters. The predicted molar refractivity (Wildman–Crippen MR) is 79.6 cm³/mol. The van der Waals surface area contributed by atoms with Crippen LogP contribution in [0.1, 0.15) is 5.56 Å². The summed E-state index contributed by atoms with van der Waals surface area (Å²) in [7, 11) is 0. The third kappa shape index (κ3) is 3.32. The number of benzene rings is 1. The van der Waals surface area contributed by atoms with Crippen LogP contribution in [0.3, 0.4) is 0 Å². The molecule has 21 heavy (non-hydrogen) atoms. The highest BCUT2D eigenvalue weighted by molar-refractivity contribution is 7.98. The lowest BCUT2D eigenvalue weighted by Gasteiger charge is -2.04. The van der Waals surface area contributed by atoms with Gasteiger partial charge >= 0.3 is 0 Å². The van der Waals surface area contributed by atoms with Gasteiger partial charge in [-0.25, -0.2) is 4.98 Å². The third-order valence-corrected chi connectivity index (χ3v) is 3.89. The Morgan fingerprint density at radius 2 is 2.00 bits per heavy atom. The average molecular weight is 320 g/mol. The number of tetrazole rings is 1. The maximum atomic E-state index is 9.32. The molecule has 2 heterocycles. The summed E-state index contributed by atoms with van der Waals surface area (Å²) in [5.74, 6) is 0.883. The van der Waals surface area contributed by atoms with E-state index in [0.29, 0.717) is 16.1 Å². The first-order valence-electron chi connectivity index (χ1n) is 6.03. The topological polar surface area (TPSA) is 76.7 Å². The van der Waals surface area contributed by atoms with E-state index in [1.54, 1.807) is 35.1 Å². The summed E-state index contributed by atoms with van der Waals surface area (Å²) in [6.07, 6.45) is 1.67.